The second-order valence-corrected chi connectivity index (χ2v) is 5.42. The maximum atomic E-state index is 13.7. The van der Waals surface area contributed by atoms with Gasteiger partial charge in [-0.15, -0.1) is 0 Å². The van der Waals surface area contributed by atoms with Gasteiger partial charge in [0.15, 0.2) is 0 Å². The molecule has 0 saturated carbocycles. The summed E-state index contributed by atoms with van der Waals surface area (Å²) >= 11 is 3.35. The maximum absolute atomic E-state index is 13.7. The fourth-order valence-corrected chi connectivity index (χ4v) is 2.39. The van der Waals surface area contributed by atoms with E-state index in [1.54, 1.807) is 18.3 Å². The Morgan fingerprint density at radius 1 is 1.37 bits per heavy atom. The molecule has 2 aromatic rings. The Kier molecular flexibility index (Phi) is 4.04. The van der Waals surface area contributed by atoms with Crippen LogP contribution >= 0.6 is 15.9 Å². The lowest BCUT2D eigenvalue weighted by Gasteiger charge is -2.20. The van der Waals surface area contributed by atoms with Gasteiger partial charge in [0.05, 0.1) is 11.9 Å². The molecule has 0 bridgehead atoms. The van der Waals surface area contributed by atoms with Crippen LogP contribution in [0.5, 0.6) is 0 Å². The van der Waals surface area contributed by atoms with E-state index in [-0.39, 0.29) is 5.82 Å². The zero-order valence-electron chi connectivity index (χ0n) is 10.8. The van der Waals surface area contributed by atoms with Gasteiger partial charge in [0, 0.05) is 23.6 Å². The first-order valence-corrected chi connectivity index (χ1v) is 6.64. The molecule has 0 atom stereocenters. The summed E-state index contributed by atoms with van der Waals surface area (Å²) in [5.41, 5.74) is 7.90. The Morgan fingerprint density at radius 2 is 2.11 bits per heavy atom. The number of aryl methyl sites for hydroxylation is 1. The number of anilines is 2. The van der Waals surface area contributed by atoms with Crippen molar-refractivity contribution in [1.82, 2.24) is 4.98 Å². The van der Waals surface area contributed by atoms with Crippen molar-refractivity contribution in [3.8, 4) is 0 Å². The van der Waals surface area contributed by atoms with E-state index in [2.05, 4.69) is 20.9 Å². The quantitative estimate of drug-likeness (QED) is 0.939. The average molecular weight is 324 g/mol. The second kappa shape index (κ2) is 5.57. The number of nitrogen functional groups attached to an aromatic ring is 1. The summed E-state index contributed by atoms with van der Waals surface area (Å²) in [4.78, 5) is 6.20. The predicted octanol–water partition coefficient (Wildman–Crippen LogP) is 3.51. The first-order valence-electron chi connectivity index (χ1n) is 5.84. The zero-order valence-corrected chi connectivity index (χ0v) is 12.4. The molecule has 3 nitrogen and oxygen atoms in total. The topological polar surface area (TPSA) is 42.1 Å². The number of aromatic nitrogens is 1. The molecular weight excluding hydrogens is 309 g/mol. The van der Waals surface area contributed by atoms with Crippen molar-refractivity contribution in [1.29, 1.82) is 0 Å². The van der Waals surface area contributed by atoms with Crippen LogP contribution < -0.4 is 10.6 Å². The fourth-order valence-electron chi connectivity index (χ4n) is 1.98. The zero-order chi connectivity index (χ0) is 14.0. The smallest absolute Gasteiger partial charge is 0.131 e. The fraction of sp³-hybridized carbons (Fsp3) is 0.214. The molecule has 2 N–H and O–H groups in total. The molecule has 1 aromatic carbocycles. The minimum Gasteiger partial charge on any atom is -0.397 e. The minimum absolute atomic E-state index is 0.219. The number of benzene rings is 1. The highest BCUT2D eigenvalue weighted by atomic mass is 79.9. The summed E-state index contributed by atoms with van der Waals surface area (Å²) in [6.45, 7) is 2.38. The summed E-state index contributed by atoms with van der Waals surface area (Å²) in [7, 11) is 1.88. The van der Waals surface area contributed by atoms with Gasteiger partial charge < -0.3 is 10.6 Å². The molecular formula is C14H15BrFN3. The Hall–Kier alpha value is -1.62. The molecule has 0 saturated heterocycles. The lowest BCUT2D eigenvalue weighted by molar-refractivity contribution is 0.607. The molecule has 0 aliphatic rings. The van der Waals surface area contributed by atoms with Gasteiger partial charge in [-0.25, -0.2) is 9.37 Å². The van der Waals surface area contributed by atoms with Crippen molar-refractivity contribution in [2.45, 2.75) is 13.5 Å². The molecule has 19 heavy (non-hydrogen) atoms. The van der Waals surface area contributed by atoms with E-state index < -0.39 is 0 Å². The molecule has 1 heterocycles. The van der Waals surface area contributed by atoms with Crippen molar-refractivity contribution in [3.05, 3.63) is 51.9 Å². The Balaban J connectivity index is 2.25. The molecule has 5 heteroatoms. The second-order valence-electron chi connectivity index (χ2n) is 4.50. The highest BCUT2D eigenvalue weighted by Gasteiger charge is 2.10. The Labute approximate surface area is 120 Å². The number of nitrogens with zero attached hydrogens (tertiary/aromatic N) is 2. The third kappa shape index (κ3) is 3.23. The number of hydrogen-bond acceptors (Lipinski definition) is 3. The summed E-state index contributed by atoms with van der Waals surface area (Å²) in [5, 5.41) is 0. The minimum atomic E-state index is -0.219. The molecule has 0 spiro atoms. The van der Waals surface area contributed by atoms with Crippen LogP contribution in [0.25, 0.3) is 0 Å². The number of rotatable bonds is 3. The molecule has 0 fully saturated rings. The third-order valence-corrected chi connectivity index (χ3v) is 3.34. The molecule has 0 aliphatic heterocycles. The predicted molar refractivity (Wildman–Crippen MR) is 79.6 cm³/mol. The number of hydrogen-bond donors (Lipinski definition) is 1. The summed E-state index contributed by atoms with van der Waals surface area (Å²) in [6, 6.07) is 6.77. The molecule has 1 aromatic heterocycles. The van der Waals surface area contributed by atoms with Crippen molar-refractivity contribution >= 4 is 27.4 Å². The summed E-state index contributed by atoms with van der Waals surface area (Å²) < 4.78 is 14.6. The van der Waals surface area contributed by atoms with E-state index in [0.717, 1.165) is 15.9 Å². The lowest BCUT2D eigenvalue weighted by atomic mass is 10.2. The average Bonchev–Trinajstić information content (AvgIpc) is 2.33. The summed E-state index contributed by atoms with van der Waals surface area (Å²) in [6.07, 6.45) is 1.61. The monoisotopic (exact) mass is 323 g/mol. The molecule has 2 rings (SSSR count). The van der Waals surface area contributed by atoms with Gasteiger partial charge in [0.2, 0.25) is 0 Å². The van der Waals surface area contributed by atoms with E-state index in [1.165, 1.54) is 6.07 Å². The highest BCUT2D eigenvalue weighted by Crippen LogP contribution is 2.22. The number of nitrogens with two attached hydrogens (primary N) is 1. The SMILES string of the molecule is Cc1cc(N)cnc1N(C)Cc1cc(Br)ccc1F. The van der Waals surface area contributed by atoms with Gasteiger partial charge in [-0.05, 0) is 36.8 Å². The molecule has 0 radical (unpaired) electrons. The Bertz CT molecular complexity index is 601. The van der Waals surface area contributed by atoms with Crippen LogP contribution in [0, 0.1) is 12.7 Å². The van der Waals surface area contributed by atoms with Crippen LogP contribution in [0.2, 0.25) is 0 Å². The van der Waals surface area contributed by atoms with Gasteiger partial charge in [0.1, 0.15) is 11.6 Å². The standard InChI is InChI=1S/C14H15BrFN3/c1-9-5-12(17)7-18-14(9)19(2)8-10-6-11(15)3-4-13(10)16/h3-7H,8,17H2,1-2H3. The highest BCUT2D eigenvalue weighted by molar-refractivity contribution is 9.10. The third-order valence-electron chi connectivity index (χ3n) is 2.85. The van der Waals surface area contributed by atoms with Crippen molar-refractivity contribution in [2.24, 2.45) is 0 Å². The van der Waals surface area contributed by atoms with Crippen LogP contribution in [0.3, 0.4) is 0 Å². The van der Waals surface area contributed by atoms with Crippen LogP contribution in [-0.4, -0.2) is 12.0 Å². The molecule has 0 unspecified atom stereocenters. The lowest BCUT2D eigenvalue weighted by Crippen LogP contribution is -2.19. The van der Waals surface area contributed by atoms with Gasteiger partial charge >= 0.3 is 0 Å². The van der Waals surface area contributed by atoms with Crippen LogP contribution in [0.1, 0.15) is 11.1 Å². The normalized spacial score (nSPS) is 10.5. The van der Waals surface area contributed by atoms with Gasteiger partial charge in [-0.3, -0.25) is 0 Å². The van der Waals surface area contributed by atoms with E-state index in [9.17, 15) is 4.39 Å². The van der Waals surface area contributed by atoms with Crippen LogP contribution in [0.4, 0.5) is 15.9 Å². The van der Waals surface area contributed by atoms with Gasteiger partial charge in [-0.1, -0.05) is 15.9 Å². The maximum Gasteiger partial charge on any atom is 0.131 e. The largest absolute Gasteiger partial charge is 0.397 e. The first-order chi connectivity index (χ1) is 8.97. The van der Waals surface area contributed by atoms with Crippen LogP contribution in [-0.2, 0) is 6.54 Å². The van der Waals surface area contributed by atoms with Crippen molar-refractivity contribution < 1.29 is 4.39 Å². The van der Waals surface area contributed by atoms with Gasteiger partial charge in [-0.2, -0.15) is 0 Å². The summed E-state index contributed by atoms with van der Waals surface area (Å²) in [5.74, 6) is 0.580. The van der Waals surface area contributed by atoms with E-state index in [1.807, 2.05) is 24.9 Å². The molecule has 0 aliphatic carbocycles. The van der Waals surface area contributed by atoms with Crippen molar-refractivity contribution in [2.75, 3.05) is 17.7 Å². The first kappa shape index (κ1) is 13.8. The van der Waals surface area contributed by atoms with Crippen LogP contribution in [0.15, 0.2) is 34.9 Å². The molecule has 0 amide bonds. The number of halogens is 2. The molecule has 100 valence electrons. The number of pyridine rings is 1. The van der Waals surface area contributed by atoms with Crippen molar-refractivity contribution in [3.63, 3.8) is 0 Å². The van der Waals surface area contributed by atoms with E-state index in [4.69, 9.17) is 5.73 Å². The Morgan fingerprint density at radius 3 is 2.79 bits per heavy atom. The van der Waals surface area contributed by atoms with E-state index >= 15 is 0 Å². The van der Waals surface area contributed by atoms with E-state index in [0.29, 0.717) is 17.8 Å². The van der Waals surface area contributed by atoms with Gasteiger partial charge in [0.25, 0.3) is 0 Å².